The van der Waals surface area contributed by atoms with E-state index in [9.17, 15) is 8.42 Å². The number of fused-ring (bicyclic) bond motifs is 1. The third-order valence-corrected chi connectivity index (χ3v) is 6.39. The third-order valence-electron chi connectivity index (χ3n) is 4.41. The van der Waals surface area contributed by atoms with Crippen LogP contribution in [0.3, 0.4) is 0 Å². The summed E-state index contributed by atoms with van der Waals surface area (Å²) in [4.78, 5) is 2.52. The van der Waals surface area contributed by atoms with Crippen LogP contribution in [0.1, 0.15) is 18.4 Å². The van der Waals surface area contributed by atoms with E-state index in [-0.39, 0.29) is 11.4 Å². The Morgan fingerprint density at radius 1 is 1.04 bits per heavy atom. The first-order valence-electron chi connectivity index (χ1n) is 8.18. The summed E-state index contributed by atoms with van der Waals surface area (Å²) in [6.07, 6.45) is 2.47. The minimum Gasteiger partial charge on any atom is -0.372 e. The van der Waals surface area contributed by atoms with Crippen LogP contribution < -0.4 is 9.62 Å². The first-order valence-corrected chi connectivity index (χ1v) is 10.4. The molecule has 1 aliphatic rings. The molecule has 0 atom stereocenters. The van der Waals surface area contributed by atoms with Gasteiger partial charge in [-0.25, -0.2) is 13.1 Å². The molecule has 1 aromatic heterocycles. The molecule has 4 rings (SSSR count). The summed E-state index contributed by atoms with van der Waals surface area (Å²) in [5.74, 6) is 0. The maximum absolute atomic E-state index is 12.6. The smallest absolute Gasteiger partial charge is 0.243 e. The molecule has 1 saturated heterocycles. The highest BCUT2D eigenvalue weighted by Crippen LogP contribution is 2.22. The predicted octanol–water partition coefficient (Wildman–Crippen LogP) is 2.77. The monoisotopic (exact) mass is 374 g/mol. The molecule has 2 heterocycles. The predicted molar refractivity (Wildman–Crippen MR) is 99.3 cm³/mol. The van der Waals surface area contributed by atoms with Gasteiger partial charge in [0.1, 0.15) is 15.9 Å². The molecule has 0 bridgehead atoms. The lowest BCUT2D eigenvalue weighted by atomic mass is 10.2. The molecule has 1 fully saturated rings. The van der Waals surface area contributed by atoms with Crippen LogP contribution in [-0.2, 0) is 16.6 Å². The molecule has 2 aromatic carbocycles. The number of nitrogens with zero attached hydrogens (tertiary/aromatic N) is 3. The van der Waals surface area contributed by atoms with Gasteiger partial charge in [0.25, 0.3) is 0 Å². The first kappa shape index (κ1) is 16.4. The topological polar surface area (TPSA) is 75.2 Å². The van der Waals surface area contributed by atoms with E-state index >= 15 is 0 Å². The van der Waals surface area contributed by atoms with E-state index in [4.69, 9.17) is 0 Å². The normalized spacial score (nSPS) is 15.1. The molecular formula is C17H18N4O2S2. The average Bonchev–Trinajstić information content (AvgIpc) is 3.31. The molecule has 8 heteroatoms. The van der Waals surface area contributed by atoms with Gasteiger partial charge in [-0.2, -0.15) is 8.75 Å². The first-order chi connectivity index (χ1) is 12.1. The van der Waals surface area contributed by atoms with Gasteiger partial charge >= 0.3 is 0 Å². The number of hydrogen-bond acceptors (Lipinski definition) is 6. The Morgan fingerprint density at radius 3 is 2.56 bits per heavy atom. The second-order valence-electron chi connectivity index (χ2n) is 6.07. The molecule has 0 amide bonds. The Hall–Kier alpha value is -2.03. The van der Waals surface area contributed by atoms with Crippen molar-refractivity contribution >= 4 is 38.5 Å². The summed E-state index contributed by atoms with van der Waals surface area (Å²) in [7, 11) is -3.64. The Kier molecular flexibility index (Phi) is 4.41. The van der Waals surface area contributed by atoms with Gasteiger partial charge in [-0.15, -0.1) is 0 Å². The van der Waals surface area contributed by atoms with Gasteiger partial charge in [0.15, 0.2) is 0 Å². The van der Waals surface area contributed by atoms with Gasteiger partial charge in [-0.05, 0) is 42.7 Å². The summed E-state index contributed by atoms with van der Waals surface area (Å²) in [5.41, 5.74) is 3.14. The molecule has 3 aromatic rings. The molecule has 0 radical (unpaired) electrons. The molecule has 0 spiro atoms. The van der Waals surface area contributed by atoms with Crippen LogP contribution in [0.15, 0.2) is 47.4 Å². The molecule has 25 heavy (non-hydrogen) atoms. The number of aromatic nitrogens is 2. The Balaban J connectivity index is 1.49. The summed E-state index contributed by atoms with van der Waals surface area (Å²) >= 11 is 1.01. The molecular weight excluding hydrogens is 356 g/mol. The van der Waals surface area contributed by atoms with Crippen LogP contribution in [-0.4, -0.2) is 30.3 Å². The minimum absolute atomic E-state index is 0.174. The van der Waals surface area contributed by atoms with Crippen molar-refractivity contribution in [2.24, 2.45) is 0 Å². The molecule has 6 nitrogen and oxygen atoms in total. The lowest BCUT2D eigenvalue weighted by molar-refractivity contribution is 0.582. The van der Waals surface area contributed by atoms with E-state index in [0.29, 0.717) is 11.0 Å². The van der Waals surface area contributed by atoms with Crippen LogP contribution in [0, 0.1) is 0 Å². The standard InChI is InChI=1S/C17H18N4O2S2/c22-25(23,16-5-3-4-15-17(16)20-24-19-15)18-12-13-6-8-14(9-7-13)21-10-1-2-11-21/h3-9,18H,1-2,10-12H2. The summed E-state index contributed by atoms with van der Waals surface area (Å²) in [6.45, 7) is 2.44. The Morgan fingerprint density at radius 2 is 1.80 bits per heavy atom. The number of nitrogens with one attached hydrogen (secondary N) is 1. The Bertz CT molecular complexity index is 977. The van der Waals surface area contributed by atoms with Crippen molar-refractivity contribution in [1.29, 1.82) is 0 Å². The molecule has 130 valence electrons. The van der Waals surface area contributed by atoms with Crippen molar-refractivity contribution in [3.05, 3.63) is 48.0 Å². The van der Waals surface area contributed by atoms with E-state index in [1.165, 1.54) is 18.5 Å². The largest absolute Gasteiger partial charge is 0.372 e. The van der Waals surface area contributed by atoms with E-state index in [2.05, 4.69) is 30.5 Å². The number of sulfonamides is 1. The van der Waals surface area contributed by atoms with Crippen LogP contribution in [0.4, 0.5) is 5.69 Å². The molecule has 0 aliphatic carbocycles. The van der Waals surface area contributed by atoms with Crippen LogP contribution in [0.5, 0.6) is 0 Å². The van der Waals surface area contributed by atoms with E-state index in [1.807, 2.05) is 12.1 Å². The fourth-order valence-electron chi connectivity index (χ4n) is 3.05. The molecule has 1 aliphatic heterocycles. The van der Waals surface area contributed by atoms with Crippen molar-refractivity contribution in [1.82, 2.24) is 13.5 Å². The summed E-state index contributed by atoms with van der Waals surface area (Å²) in [6, 6.07) is 13.1. The van der Waals surface area contributed by atoms with Gasteiger partial charge in [0.2, 0.25) is 10.0 Å². The highest BCUT2D eigenvalue weighted by atomic mass is 32.2. The van der Waals surface area contributed by atoms with Crippen molar-refractivity contribution in [2.75, 3.05) is 18.0 Å². The zero-order valence-corrected chi connectivity index (χ0v) is 15.2. The van der Waals surface area contributed by atoms with Gasteiger partial charge < -0.3 is 4.90 Å². The van der Waals surface area contributed by atoms with Crippen molar-refractivity contribution in [3.8, 4) is 0 Å². The van der Waals surface area contributed by atoms with Crippen LogP contribution in [0.2, 0.25) is 0 Å². The number of hydrogen-bond donors (Lipinski definition) is 1. The summed E-state index contributed by atoms with van der Waals surface area (Å²) < 4.78 is 36.1. The number of benzene rings is 2. The van der Waals surface area contributed by atoms with E-state index in [1.54, 1.807) is 18.2 Å². The van der Waals surface area contributed by atoms with Gasteiger partial charge in [0, 0.05) is 25.3 Å². The highest BCUT2D eigenvalue weighted by Gasteiger charge is 2.19. The Labute approximate surface area is 150 Å². The van der Waals surface area contributed by atoms with Gasteiger partial charge in [0.05, 0.1) is 11.7 Å². The van der Waals surface area contributed by atoms with Gasteiger partial charge in [-0.1, -0.05) is 18.2 Å². The lowest BCUT2D eigenvalue weighted by Gasteiger charge is -2.17. The number of anilines is 1. The maximum Gasteiger partial charge on any atom is 0.243 e. The average molecular weight is 374 g/mol. The van der Waals surface area contributed by atoms with Crippen LogP contribution in [0.25, 0.3) is 11.0 Å². The molecule has 0 unspecified atom stereocenters. The SMILES string of the molecule is O=S(=O)(NCc1ccc(N2CCCC2)cc1)c1cccc2nsnc12. The van der Waals surface area contributed by atoms with Crippen molar-refractivity contribution in [2.45, 2.75) is 24.3 Å². The minimum atomic E-state index is -3.64. The zero-order valence-electron chi connectivity index (χ0n) is 13.6. The molecule has 1 N–H and O–H groups in total. The lowest BCUT2D eigenvalue weighted by Crippen LogP contribution is -2.23. The second-order valence-corrected chi connectivity index (χ2v) is 8.34. The molecule has 0 saturated carbocycles. The fourth-order valence-corrected chi connectivity index (χ4v) is 4.84. The third kappa shape index (κ3) is 3.37. The van der Waals surface area contributed by atoms with Crippen LogP contribution >= 0.6 is 11.7 Å². The second kappa shape index (κ2) is 6.70. The van der Waals surface area contributed by atoms with E-state index in [0.717, 1.165) is 30.4 Å². The summed E-state index contributed by atoms with van der Waals surface area (Å²) in [5, 5.41) is 0. The quantitative estimate of drug-likeness (QED) is 0.743. The van der Waals surface area contributed by atoms with Crippen molar-refractivity contribution < 1.29 is 8.42 Å². The van der Waals surface area contributed by atoms with Gasteiger partial charge in [-0.3, -0.25) is 0 Å². The highest BCUT2D eigenvalue weighted by molar-refractivity contribution is 7.89. The number of rotatable bonds is 5. The van der Waals surface area contributed by atoms with Crippen molar-refractivity contribution in [3.63, 3.8) is 0 Å². The maximum atomic E-state index is 12.6. The fraction of sp³-hybridized carbons (Fsp3) is 0.294. The van der Waals surface area contributed by atoms with E-state index < -0.39 is 10.0 Å². The zero-order chi connectivity index (χ0) is 17.3.